The van der Waals surface area contributed by atoms with E-state index < -0.39 is 11.8 Å². The quantitative estimate of drug-likeness (QED) is 0.775. The molecule has 1 rings (SSSR count). The van der Waals surface area contributed by atoms with Gasteiger partial charge in [0.05, 0.1) is 6.07 Å². The number of amides is 1. The van der Waals surface area contributed by atoms with Crippen molar-refractivity contribution in [3.63, 3.8) is 0 Å². The number of rotatable bonds is 7. The van der Waals surface area contributed by atoms with Crippen LogP contribution in [0.25, 0.3) is 0 Å². The Morgan fingerprint density at radius 1 is 1.25 bits per heavy atom. The Kier molecular flexibility index (Phi) is 6.45. The summed E-state index contributed by atoms with van der Waals surface area (Å²) in [5.41, 5.74) is 1.77. The van der Waals surface area contributed by atoms with E-state index in [2.05, 4.69) is 5.32 Å². The maximum atomic E-state index is 11.9. The minimum absolute atomic E-state index is 0.275. The molecule has 0 fully saturated rings. The highest BCUT2D eigenvalue weighted by Gasteiger charge is 2.25. The molecule has 0 spiro atoms. The molecule has 1 N–H and O–H groups in total. The molecule has 0 aliphatic rings. The first kappa shape index (κ1) is 15.9. The molecule has 0 bridgehead atoms. The van der Waals surface area contributed by atoms with E-state index in [1.54, 1.807) is 18.2 Å². The van der Waals surface area contributed by atoms with E-state index in [0.717, 1.165) is 12.8 Å². The third-order valence-electron chi connectivity index (χ3n) is 3.12. The van der Waals surface area contributed by atoms with Gasteiger partial charge in [0.15, 0.2) is 11.7 Å². The molecule has 1 aromatic rings. The normalized spacial score (nSPS) is 11.4. The number of benzene rings is 1. The summed E-state index contributed by atoms with van der Waals surface area (Å²) in [5.74, 6) is -2.07. The molecular formula is C16H20N2O2. The fraction of sp³-hybridized carbons (Fsp3) is 0.438. The van der Waals surface area contributed by atoms with E-state index >= 15 is 0 Å². The lowest BCUT2D eigenvalue weighted by molar-refractivity contribution is -0.128. The number of nitriles is 1. The Morgan fingerprint density at radius 3 is 2.40 bits per heavy atom. The van der Waals surface area contributed by atoms with E-state index in [4.69, 9.17) is 5.26 Å². The fourth-order valence-electron chi connectivity index (χ4n) is 1.81. The molecule has 20 heavy (non-hydrogen) atoms. The summed E-state index contributed by atoms with van der Waals surface area (Å²) in [6.45, 7) is 4.01. The molecule has 1 atom stereocenters. The number of aryl methyl sites for hydroxylation is 1. The highest BCUT2D eigenvalue weighted by atomic mass is 16.2. The molecule has 1 aromatic carbocycles. The average Bonchev–Trinajstić information content (AvgIpc) is 2.46. The molecule has 4 heteroatoms. The number of ketones is 1. The Bertz CT molecular complexity index is 500. The maximum Gasteiger partial charge on any atom is 0.249 e. The smallest absolute Gasteiger partial charge is 0.249 e. The van der Waals surface area contributed by atoms with Crippen LogP contribution in [-0.4, -0.2) is 11.7 Å². The van der Waals surface area contributed by atoms with Gasteiger partial charge in [-0.3, -0.25) is 9.59 Å². The molecule has 0 radical (unpaired) electrons. The van der Waals surface area contributed by atoms with E-state index in [-0.39, 0.29) is 12.2 Å². The van der Waals surface area contributed by atoms with Crippen LogP contribution in [0.2, 0.25) is 0 Å². The number of carbonyl (C=O) groups is 2. The zero-order valence-electron chi connectivity index (χ0n) is 12.0. The molecular weight excluding hydrogens is 252 g/mol. The zero-order chi connectivity index (χ0) is 15.0. The standard InChI is InChI=1S/C16H20N2O2/c1-3-5-6-15(19)14(11-17)16(20)18-13-9-7-12(4-2)8-10-13/h7-10,14H,3-6H2,1-2H3,(H,18,20)/t14-/m0/s1. The molecule has 106 valence electrons. The summed E-state index contributed by atoms with van der Waals surface area (Å²) >= 11 is 0. The molecule has 0 unspecified atom stereocenters. The summed E-state index contributed by atoms with van der Waals surface area (Å²) in [6.07, 6.45) is 2.76. The lowest BCUT2D eigenvalue weighted by atomic mass is 10.00. The molecule has 0 aromatic heterocycles. The fourth-order valence-corrected chi connectivity index (χ4v) is 1.81. The van der Waals surface area contributed by atoms with Crippen molar-refractivity contribution in [1.29, 1.82) is 5.26 Å². The SMILES string of the molecule is CCCCC(=O)[C@H](C#N)C(=O)Nc1ccc(CC)cc1. The van der Waals surface area contributed by atoms with E-state index in [1.807, 2.05) is 26.0 Å². The van der Waals surface area contributed by atoms with Gasteiger partial charge >= 0.3 is 0 Å². The Morgan fingerprint density at radius 2 is 1.90 bits per heavy atom. The molecule has 0 heterocycles. The second-order valence-corrected chi connectivity index (χ2v) is 4.67. The van der Waals surface area contributed by atoms with E-state index in [9.17, 15) is 9.59 Å². The van der Waals surface area contributed by atoms with Crippen molar-refractivity contribution in [2.75, 3.05) is 5.32 Å². The zero-order valence-corrected chi connectivity index (χ0v) is 12.0. The number of nitrogens with one attached hydrogen (secondary N) is 1. The maximum absolute atomic E-state index is 11.9. The van der Waals surface area contributed by atoms with Crippen molar-refractivity contribution in [3.8, 4) is 6.07 Å². The van der Waals surface area contributed by atoms with Crippen LogP contribution in [0.4, 0.5) is 5.69 Å². The molecule has 0 aliphatic heterocycles. The van der Waals surface area contributed by atoms with Crippen LogP contribution in [0.1, 0.15) is 38.7 Å². The van der Waals surface area contributed by atoms with Crippen LogP contribution in [0.5, 0.6) is 0 Å². The second-order valence-electron chi connectivity index (χ2n) is 4.67. The van der Waals surface area contributed by atoms with Gasteiger partial charge in [-0.1, -0.05) is 32.4 Å². The van der Waals surface area contributed by atoms with Crippen LogP contribution in [0.3, 0.4) is 0 Å². The predicted octanol–water partition coefficient (Wildman–Crippen LogP) is 3.09. The van der Waals surface area contributed by atoms with Gasteiger partial charge in [0.2, 0.25) is 5.91 Å². The van der Waals surface area contributed by atoms with Crippen molar-refractivity contribution >= 4 is 17.4 Å². The van der Waals surface area contributed by atoms with Gasteiger partial charge < -0.3 is 5.32 Å². The molecule has 0 saturated heterocycles. The lowest BCUT2D eigenvalue weighted by Crippen LogP contribution is -2.28. The summed E-state index contributed by atoms with van der Waals surface area (Å²) in [6, 6.07) is 9.18. The monoisotopic (exact) mass is 272 g/mol. The summed E-state index contributed by atoms with van der Waals surface area (Å²) in [4.78, 5) is 23.7. The number of anilines is 1. The van der Waals surface area contributed by atoms with E-state index in [1.165, 1.54) is 5.56 Å². The van der Waals surface area contributed by atoms with Crippen molar-refractivity contribution in [1.82, 2.24) is 0 Å². The summed E-state index contributed by atoms with van der Waals surface area (Å²) < 4.78 is 0. The average molecular weight is 272 g/mol. The summed E-state index contributed by atoms with van der Waals surface area (Å²) in [7, 11) is 0. The van der Waals surface area contributed by atoms with E-state index in [0.29, 0.717) is 12.1 Å². The molecule has 1 amide bonds. The van der Waals surface area contributed by atoms with Gasteiger partial charge in [0.25, 0.3) is 0 Å². The van der Waals surface area contributed by atoms with Gasteiger partial charge in [0, 0.05) is 12.1 Å². The minimum Gasteiger partial charge on any atom is -0.325 e. The lowest BCUT2D eigenvalue weighted by Gasteiger charge is -2.09. The highest BCUT2D eigenvalue weighted by molar-refractivity contribution is 6.09. The second kappa shape index (κ2) is 8.11. The van der Waals surface area contributed by atoms with Gasteiger partial charge in [-0.15, -0.1) is 0 Å². The Hall–Kier alpha value is -2.15. The van der Waals surface area contributed by atoms with Gasteiger partial charge in [-0.25, -0.2) is 0 Å². The van der Waals surface area contributed by atoms with Crippen molar-refractivity contribution < 1.29 is 9.59 Å². The molecule has 0 aliphatic carbocycles. The number of unbranched alkanes of at least 4 members (excludes halogenated alkanes) is 1. The first-order valence-corrected chi connectivity index (χ1v) is 6.94. The van der Waals surface area contributed by atoms with Gasteiger partial charge in [0.1, 0.15) is 0 Å². The van der Waals surface area contributed by atoms with Crippen molar-refractivity contribution in [2.45, 2.75) is 39.5 Å². The molecule has 4 nitrogen and oxygen atoms in total. The van der Waals surface area contributed by atoms with Crippen LogP contribution >= 0.6 is 0 Å². The number of Topliss-reactive ketones (excluding diaryl/α,β-unsaturated/α-hetero) is 1. The van der Waals surface area contributed by atoms with Crippen molar-refractivity contribution in [3.05, 3.63) is 29.8 Å². The van der Waals surface area contributed by atoms with Crippen LogP contribution in [-0.2, 0) is 16.0 Å². The first-order valence-electron chi connectivity index (χ1n) is 6.94. The highest BCUT2D eigenvalue weighted by Crippen LogP contribution is 2.13. The topological polar surface area (TPSA) is 70.0 Å². The van der Waals surface area contributed by atoms with Crippen LogP contribution in [0, 0.1) is 17.2 Å². The summed E-state index contributed by atoms with van der Waals surface area (Å²) in [5, 5.41) is 11.6. The van der Waals surface area contributed by atoms with Crippen LogP contribution < -0.4 is 5.32 Å². The molecule has 0 saturated carbocycles. The Balaban J connectivity index is 2.67. The minimum atomic E-state index is -1.22. The largest absolute Gasteiger partial charge is 0.325 e. The number of nitrogens with zero attached hydrogens (tertiary/aromatic N) is 1. The van der Waals surface area contributed by atoms with Gasteiger partial charge in [-0.05, 0) is 30.5 Å². The van der Waals surface area contributed by atoms with Crippen molar-refractivity contribution in [2.24, 2.45) is 5.92 Å². The number of hydrogen-bond donors (Lipinski definition) is 1. The van der Waals surface area contributed by atoms with Crippen LogP contribution in [0.15, 0.2) is 24.3 Å². The number of carbonyl (C=O) groups excluding carboxylic acids is 2. The Labute approximate surface area is 119 Å². The third-order valence-corrected chi connectivity index (χ3v) is 3.12. The number of hydrogen-bond acceptors (Lipinski definition) is 3. The first-order chi connectivity index (χ1) is 9.62. The third kappa shape index (κ3) is 4.51. The predicted molar refractivity (Wildman–Crippen MR) is 78.1 cm³/mol. The van der Waals surface area contributed by atoms with Gasteiger partial charge in [-0.2, -0.15) is 5.26 Å².